The summed E-state index contributed by atoms with van der Waals surface area (Å²) in [5, 5.41) is 0. The molecule has 0 radical (unpaired) electrons. The molecular formula is C6H3Br2F3N2O. The first kappa shape index (κ1) is 11.6. The van der Waals surface area contributed by atoms with E-state index in [1.807, 2.05) is 0 Å². The Morgan fingerprint density at radius 1 is 1.36 bits per heavy atom. The van der Waals surface area contributed by atoms with Crippen LogP contribution in [0.25, 0.3) is 0 Å². The van der Waals surface area contributed by atoms with Gasteiger partial charge in [-0.3, -0.25) is 0 Å². The average Bonchev–Trinajstić information content (AvgIpc) is 1.97. The number of hydrogen-bond acceptors (Lipinski definition) is 3. The zero-order valence-electron chi connectivity index (χ0n) is 6.40. The van der Waals surface area contributed by atoms with Gasteiger partial charge in [-0.2, -0.15) is 0 Å². The molecule has 0 aliphatic rings. The number of halogens is 5. The van der Waals surface area contributed by atoms with E-state index in [0.29, 0.717) is 0 Å². The molecule has 0 spiro atoms. The first-order valence-corrected chi connectivity index (χ1v) is 4.75. The Morgan fingerprint density at radius 3 is 2.43 bits per heavy atom. The maximum atomic E-state index is 11.8. The van der Waals surface area contributed by atoms with Gasteiger partial charge in [0.25, 0.3) is 0 Å². The molecule has 2 N–H and O–H groups in total. The topological polar surface area (TPSA) is 48.1 Å². The van der Waals surface area contributed by atoms with E-state index in [0.717, 1.165) is 6.07 Å². The number of hydrogen-bond donors (Lipinski definition) is 1. The Bertz CT molecular complexity index is 356. The second kappa shape index (κ2) is 3.93. The molecule has 1 aromatic heterocycles. The van der Waals surface area contributed by atoms with Crippen molar-refractivity contribution in [2.24, 2.45) is 0 Å². The van der Waals surface area contributed by atoms with Crippen molar-refractivity contribution in [3.05, 3.63) is 15.1 Å². The molecule has 0 unspecified atom stereocenters. The number of nitrogens with zero attached hydrogens (tertiary/aromatic N) is 1. The van der Waals surface area contributed by atoms with E-state index in [-0.39, 0.29) is 14.9 Å². The van der Waals surface area contributed by atoms with Crippen LogP contribution in [0.4, 0.5) is 19.0 Å². The molecule has 78 valence electrons. The van der Waals surface area contributed by atoms with Gasteiger partial charge in [-0.15, -0.1) is 13.2 Å². The largest absolute Gasteiger partial charge is 0.573 e. The van der Waals surface area contributed by atoms with E-state index in [9.17, 15) is 13.2 Å². The van der Waals surface area contributed by atoms with Crippen LogP contribution in [-0.2, 0) is 0 Å². The summed E-state index contributed by atoms with van der Waals surface area (Å²) >= 11 is 5.73. The van der Waals surface area contributed by atoms with Gasteiger partial charge in [0.2, 0.25) is 0 Å². The summed E-state index contributed by atoms with van der Waals surface area (Å²) < 4.78 is 39.3. The molecule has 1 aromatic rings. The van der Waals surface area contributed by atoms with Crippen LogP contribution in [0.15, 0.2) is 15.1 Å². The van der Waals surface area contributed by atoms with Crippen molar-refractivity contribution in [1.29, 1.82) is 0 Å². The number of alkyl halides is 3. The number of anilines is 1. The molecule has 0 aliphatic heterocycles. The summed E-state index contributed by atoms with van der Waals surface area (Å²) in [5.74, 6) is -0.370. The molecular weight excluding hydrogens is 333 g/mol. The van der Waals surface area contributed by atoms with Crippen molar-refractivity contribution in [3.63, 3.8) is 0 Å². The number of nitrogens with two attached hydrogens (primary N) is 1. The lowest BCUT2D eigenvalue weighted by Gasteiger charge is -2.10. The average molecular weight is 336 g/mol. The summed E-state index contributed by atoms with van der Waals surface area (Å²) in [5.41, 5.74) is 5.33. The molecule has 0 saturated heterocycles. The van der Waals surface area contributed by atoms with Gasteiger partial charge in [0.15, 0.2) is 10.4 Å². The zero-order chi connectivity index (χ0) is 10.9. The molecule has 0 aromatic carbocycles. The van der Waals surface area contributed by atoms with E-state index in [4.69, 9.17) is 5.73 Å². The van der Waals surface area contributed by atoms with Gasteiger partial charge in [-0.25, -0.2) is 4.98 Å². The van der Waals surface area contributed by atoms with Gasteiger partial charge in [0, 0.05) is 6.07 Å². The SMILES string of the molecule is Nc1nc(Br)c(OC(F)(F)F)cc1Br. The van der Waals surface area contributed by atoms with E-state index in [1.165, 1.54) is 0 Å². The normalized spacial score (nSPS) is 11.5. The van der Waals surface area contributed by atoms with Crippen molar-refractivity contribution in [1.82, 2.24) is 4.98 Å². The summed E-state index contributed by atoms with van der Waals surface area (Å²) in [6.07, 6.45) is -4.75. The third kappa shape index (κ3) is 3.02. The fraction of sp³-hybridized carbons (Fsp3) is 0.167. The van der Waals surface area contributed by atoms with Crippen molar-refractivity contribution >= 4 is 37.7 Å². The molecule has 3 nitrogen and oxygen atoms in total. The predicted octanol–water partition coefficient (Wildman–Crippen LogP) is 3.09. The van der Waals surface area contributed by atoms with Gasteiger partial charge in [-0.1, -0.05) is 0 Å². The van der Waals surface area contributed by atoms with E-state index in [1.54, 1.807) is 0 Å². The minimum absolute atomic E-state index is 0.0754. The van der Waals surface area contributed by atoms with Gasteiger partial charge < -0.3 is 10.5 Å². The highest BCUT2D eigenvalue weighted by molar-refractivity contribution is 9.11. The number of pyridine rings is 1. The second-order valence-electron chi connectivity index (χ2n) is 2.19. The number of aromatic nitrogens is 1. The lowest BCUT2D eigenvalue weighted by molar-refractivity contribution is -0.275. The standard InChI is InChI=1S/C6H3Br2F3N2O/c7-2-1-3(14-6(9,10)11)4(8)13-5(2)12/h1H,(H2,12,13). The molecule has 0 atom stereocenters. The Kier molecular flexibility index (Phi) is 3.25. The van der Waals surface area contributed by atoms with Gasteiger partial charge in [0.1, 0.15) is 5.82 Å². The Labute approximate surface area is 93.7 Å². The smallest absolute Gasteiger partial charge is 0.403 e. The van der Waals surface area contributed by atoms with Crippen LogP contribution in [0.5, 0.6) is 5.75 Å². The lowest BCUT2D eigenvalue weighted by atomic mass is 10.4. The van der Waals surface area contributed by atoms with Gasteiger partial charge in [0.05, 0.1) is 4.47 Å². The summed E-state index contributed by atoms with van der Waals surface area (Å²) in [4.78, 5) is 3.58. The summed E-state index contributed by atoms with van der Waals surface area (Å²) in [7, 11) is 0. The molecule has 0 fully saturated rings. The number of rotatable bonds is 1. The van der Waals surface area contributed by atoms with Gasteiger partial charge in [-0.05, 0) is 31.9 Å². The van der Waals surface area contributed by atoms with Crippen molar-refractivity contribution in [2.75, 3.05) is 5.73 Å². The minimum Gasteiger partial charge on any atom is -0.403 e. The third-order valence-corrected chi connectivity index (χ3v) is 2.35. The molecule has 0 bridgehead atoms. The van der Waals surface area contributed by atoms with E-state index in [2.05, 4.69) is 41.6 Å². The molecule has 1 heterocycles. The minimum atomic E-state index is -4.75. The highest BCUT2D eigenvalue weighted by Gasteiger charge is 2.32. The Hall–Kier alpha value is -0.500. The first-order chi connectivity index (χ1) is 6.29. The van der Waals surface area contributed by atoms with Gasteiger partial charge >= 0.3 is 6.36 Å². The maximum Gasteiger partial charge on any atom is 0.573 e. The molecule has 0 aliphatic carbocycles. The van der Waals surface area contributed by atoms with Crippen LogP contribution in [0, 0.1) is 0 Å². The van der Waals surface area contributed by atoms with E-state index < -0.39 is 12.1 Å². The first-order valence-electron chi connectivity index (χ1n) is 3.17. The number of nitrogen functional groups attached to an aromatic ring is 1. The Morgan fingerprint density at radius 2 is 1.93 bits per heavy atom. The quantitative estimate of drug-likeness (QED) is 0.802. The molecule has 14 heavy (non-hydrogen) atoms. The summed E-state index contributed by atoms with van der Waals surface area (Å²) in [6.45, 7) is 0. The fourth-order valence-corrected chi connectivity index (χ4v) is 1.34. The second-order valence-corrected chi connectivity index (χ2v) is 3.80. The fourth-order valence-electron chi connectivity index (χ4n) is 0.659. The molecule has 1 rings (SSSR count). The van der Waals surface area contributed by atoms with Crippen LogP contribution in [-0.4, -0.2) is 11.3 Å². The van der Waals surface area contributed by atoms with Crippen molar-refractivity contribution in [2.45, 2.75) is 6.36 Å². The zero-order valence-corrected chi connectivity index (χ0v) is 9.57. The molecule has 0 saturated carbocycles. The predicted molar refractivity (Wildman–Crippen MR) is 50.7 cm³/mol. The highest BCUT2D eigenvalue weighted by atomic mass is 79.9. The van der Waals surface area contributed by atoms with Crippen LogP contribution < -0.4 is 10.5 Å². The molecule has 8 heteroatoms. The monoisotopic (exact) mass is 334 g/mol. The molecule has 0 amide bonds. The van der Waals surface area contributed by atoms with Crippen LogP contribution in [0.2, 0.25) is 0 Å². The van der Waals surface area contributed by atoms with Crippen molar-refractivity contribution < 1.29 is 17.9 Å². The van der Waals surface area contributed by atoms with Crippen LogP contribution in [0.3, 0.4) is 0 Å². The Balaban J connectivity index is 3.04. The van der Waals surface area contributed by atoms with E-state index >= 15 is 0 Å². The van der Waals surface area contributed by atoms with Crippen molar-refractivity contribution in [3.8, 4) is 5.75 Å². The summed E-state index contributed by atoms with van der Waals surface area (Å²) in [6, 6.07) is 1.08. The van der Waals surface area contributed by atoms with Crippen LogP contribution in [0.1, 0.15) is 0 Å². The lowest BCUT2D eigenvalue weighted by Crippen LogP contribution is -2.17. The third-order valence-electron chi connectivity index (χ3n) is 1.15. The van der Waals surface area contributed by atoms with Crippen LogP contribution >= 0.6 is 31.9 Å². The highest BCUT2D eigenvalue weighted by Crippen LogP contribution is 2.33. The maximum absolute atomic E-state index is 11.8. The number of ether oxygens (including phenoxy) is 1.